The zero-order chi connectivity index (χ0) is 17.1. The summed E-state index contributed by atoms with van der Waals surface area (Å²) in [5, 5.41) is 2.90. The van der Waals surface area contributed by atoms with Crippen molar-refractivity contribution >= 4 is 17.5 Å². The van der Waals surface area contributed by atoms with Crippen molar-refractivity contribution in [3.63, 3.8) is 0 Å². The van der Waals surface area contributed by atoms with Crippen molar-refractivity contribution in [2.45, 2.75) is 26.7 Å². The van der Waals surface area contributed by atoms with E-state index in [1.165, 1.54) is 0 Å². The molecule has 2 amide bonds. The second-order valence-electron chi connectivity index (χ2n) is 7.33. The molecule has 1 aromatic carbocycles. The van der Waals surface area contributed by atoms with Crippen LogP contribution < -0.4 is 5.32 Å². The Balaban J connectivity index is 1.52. The lowest BCUT2D eigenvalue weighted by molar-refractivity contribution is -0.117. The molecule has 2 aliphatic rings. The molecule has 3 rings (SSSR count). The largest absolute Gasteiger partial charge is 0.336 e. The number of carbonyl (C=O) groups is 2. The number of nitrogens with one attached hydrogen (secondary N) is 1. The Morgan fingerprint density at radius 3 is 2.25 bits per heavy atom. The Morgan fingerprint density at radius 1 is 1.08 bits per heavy atom. The maximum Gasteiger partial charge on any atom is 0.253 e. The van der Waals surface area contributed by atoms with Gasteiger partial charge in [0.25, 0.3) is 5.91 Å². The molecule has 1 saturated heterocycles. The van der Waals surface area contributed by atoms with Gasteiger partial charge in [0.05, 0.1) is 0 Å². The van der Waals surface area contributed by atoms with E-state index in [1.807, 2.05) is 29.2 Å². The number of rotatable bonds is 5. The fourth-order valence-corrected chi connectivity index (χ4v) is 3.12. The molecule has 2 fully saturated rings. The Bertz CT molecular complexity index is 585. The van der Waals surface area contributed by atoms with Crippen molar-refractivity contribution in [3.05, 3.63) is 29.8 Å². The number of piperazine rings is 1. The highest BCUT2D eigenvalue weighted by atomic mass is 16.2. The summed E-state index contributed by atoms with van der Waals surface area (Å²) in [5.41, 5.74) is 1.46. The van der Waals surface area contributed by atoms with E-state index in [-0.39, 0.29) is 17.7 Å². The van der Waals surface area contributed by atoms with E-state index >= 15 is 0 Å². The zero-order valence-corrected chi connectivity index (χ0v) is 14.6. The summed E-state index contributed by atoms with van der Waals surface area (Å²) in [7, 11) is 0. The molecule has 5 heteroatoms. The number of benzene rings is 1. The van der Waals surface area contributed by atoms with Gasteiger partial charge in [-0.05, 0) is 43.0 Å². The SMILES string of the molecule is CC(C)CN1CCN(C(=O)c2ccc(NC(=O)C3CC3)cc2)CC1. The number of hydrogen-bond acceptors (Lipinski definition) is 3. The van der Waals surface area contributed by atoms with Crippen LogP contribution in [0.3, 0.4) is 0 Å². The molecule has 1 N–H and O–H groups in total. The standard InChI is InChI=1S/C19H27N3O2/c1-14(2)13-21-9-11-22(12-10-21)19(24)16-5-7-17(8-6-16)20-18(23)15-3-4-15/h5-8,14-15H,3-4,9-13H2,1-2H3,(H,20,23). The van der Waals surface area contributed by atoms with Crippen LogP contribution in [0.1, 0.15) is 37.0 Å². The fourth-order valence-electron chi connectivity index (χ4n) is 3.12. The summed E-state index contributed by atoms with van der Waals surface area (Å²) in [6, 6.07) is 7.27. The number of carbonyl (C=O) groups excluding carboxylic acids is 2. The molecule has 0 unspecified atom stereocenters. The first-order valence-corrected chi connectivity index (χ1v) is 8.95. The lowest BCUT2D eigenvalue weighted by Gasteiger charge is -2.35. The Labute approximate surface area is 144 Å². The van der Waals surface area contributed by atoms with E-state index in [1.54, 1.807) is 0 Å². The summed E-state index contributed by atoms with van der Waals surface area (Å²) in [5.74, 6) is 1.02. The van der Waals surface area contributed by atoms with Crippen LogP contribution in [0.2, 0.25) is 0 Å². The van der Waals surface area contributed by atoms with Crippen molar-refractivity contribution in [2.24, 2.45) is 11.8 Å². The maximum atomic E-state index is 12.6. The monoisotopic (exact) mass is 329 g/mol. The van der Waals surface area contributed by atoms with Crippen molar-refractivity contribution in [2.75, 3.05) is 38.0 Å². The van der Waals surface area contributed by atoms with Crippen LogP contribution in [-0.4, -0.2) is 54.3 Å². The minimum atomic E-state index is 0.0827. The van der Waals surface area contributed by atoms with E-state index in [2.05, 4.69) is 24.1 Å². The second-order valence-corrected chi connectivity index (χ2v) is 7.33. The average Bonchev–Trinajstić information content (AvgIpc) is 3.40. The molecule has 0 radical (unpaired) electrons. The minimum absolute atomic E-state index is 0.0827. The molecule has 1 aliphatic heterocycles. The molecule has 0 atom stereocenters. The first-order valence-electron chi connectivity index (χ1n) is 8.95. The maximum absolute atomic E-state index is 12.6. The van der Waals surface area contributed by atoms with Crippen LogP contribution >= 0.6 is 0 Å². The summed E-state index contributed by atoms with van der Waals surface area (Å²) < 4.78 is 0. The van der Waals surface area contributed by atoms with Crippen LogP contribution in [0.15, 0.2) is 24.3 Å². The van der Waals surface area contributed by atoms with Crippen molar-refractivity contribution in [1.29, 1.82) is 0 Å². The Morgan fingerprint density at radius 2 is 1.71 bits per heavy atom. The molecule has 130 valence electrons. The highest BCUT2D eigenvalue weighted by Crippen LogP contribution is 2.30. The van der Waals surface area contributed by atoms with Gasteiger partial charge in [-0.1, -0.05) is 13.8 Å². The van der Waals surface area contributed by atoms with E-state index in [0.717, 1.165) is 51.3 Å². The van der Waals surface area contributed by atoms with Crippen LogP contribution in [0.5, 0.6) is 0 Å². The average molecular weight is 329 g/mol. The van der Waals surface area contributed by atoms with Gasteiger partial charge < -0.3 is 10.2 Å². The lowest BCUT2D eigenvalue weighted by Crippen LogP contribution is -2.49. The zero-order valence-electron chi connectivity index (χ0n) is 14.6. The normalized spacial score (nSPS) is 18.7. The summed E-state index contributed by atoms with van der Waals surface area (Å²) in [4.78, 5) is 28.7. The van der Waals surface area contributed by atoms with Gasteiger partial charge in [-0.15, -0.1) is 0 Å². The van der Waals surface area contributed by atoms with Gasteiger partial charge in [-0.3, -0.25) is 14.5 Å². The Hall–Kier alpha value is -1.88. The third-order valence-corrected chi connectivity index (χ3v) is 4.63. The number of amides is 2. The molecule has 1 aromatic rings. The van der Waals surface area contributed by atoms with Crippen LogP contribution in [-0.2, 0) is 4.79 Å². The number of anilines is 1. The lowest BCUT2D eigenvalue weighted by atomic mass is 10.1. The van der Waals surface area contributed by atoms with E-state index in [4.69, 9.17) is 0 Å². The van der Waals surface area contributed by atoms with Gasteiger partial charge >= 0.3 is 0 Å². The van der Waals surface area contributed by atoms with Crippen molar-refractivity contribution in [3.8, 4) is 0 Å². The third kappa shape index (κ3) is 4.35. The van der Waals surface area contributed by atoms with E-state index in [9.17, 15) is 9.59 Å². The van der Waals surface area contributed by atoms with Crippen LogP contribution in [0.4, 0.5) is 5.69 Å². The van der Waals surface area contributed by atoms with Gasteiger partial charge in [0.2, 0.25) is 5.91 Å². The first kappa shape index (κ1) is 17.0. The number of hydrogen-bond donors (Lipinski definition) is 1. The minimum Gasteiger partial charge on any atom is -0.336 e. The predicted molar refractivity (Wildman–Crippen MR) is 95.0 cm³/mol. The quantitative estimate of drug-likeness (QED) is 0.903. The fraction of sp³-hybridized carbons (Fsp3) is 0.579. The molecule has 1 aliphatic carbocycles. The van der Waals surface area contributed by atoms with Crippen LogP contribution in [0, 0.1) is 11.8 Å². The molecular formula is C19H27N3O2. The Kier molecular flexibility index (Phi) is 5.19. The van der Waals surface area contributed by atoms with E-state index < -0.39 is 0 Å². The molecule has 1 heterocycles. The van der Waals surface area contributed by atoms with Crippen LogP contribution in [0.25, 0.3) is 0 Å². The predicted octanol–water partition coefficient (Wildman–Crippen LogP) is 2.45. The first-order chi connectivity index (χ1) is 11.5. The summed E-state index contributed by atoms with van der Waals surface area (Å²) in [6.07, 6.45) is 1.98. The topological polar surface area (TPSA) is 52.6 Å². The van der Waals surface area contributed by atoms with Crippen molar-refractivity contribution in [1.82, 2.24) is 9.80 Å². The molecule has 0 bridgehead atoms. The van der Waals surface area contributed by atoms with E-state index in [0.29, 0.717) is 11.5 Å². The van der Waals surface area contributed by atoms with Gasteiger partial charge in [0.1, 0.15) is 0 Å². The highest BCUT2D eigenvalue weighted by Gasteiger charge is 2.29. The smallest absolute Gasteiger partial charge is 0.253 e. The highest BCUT2D eigenvalue weighted by molar-refractivity contribution is 5.96. The molecular weight excluding hydrogens is 302 g/mol. The van der Waals surface area contributed by atoms with Gasteiger partial charge in [0.15, 0.2) is 0 Å². The second kappa shape index (κ2) is 7.34. The van der Waals surface area contributed by atoms with Crippen molar-refractivity contribution < 1.29 is 9.59 Å². The molecule has 0 spiro atoms. The van der Waals surface area contributed by atoms with Gasteiger partial charge in [0, 0.05) is 49.9 Å². The molecule has 1 saturated carbocycles. The molecule has 0 aromatic heterocycles. The third-order valence-electron chi connectivity index (χ3n) is 4.63. The molecule has 5 nitrogen and oxygen atoms in total. The van der Waals surface area contributed by atoms with Gasteiger partial charge in [-0.25, -0.2) is 0 Å². The summed E-state index contributed by atoms with van der Waals surface area (Å²) >= 11 is 0. The summed E-state index contributed by atoms with van der Waals surface area (Å²) in [6.45, 7) is 9.00. The number of nitrogens with zero attached hydrogens (tertiary/aromatic N) is 2. The molecule has 24 heavy (non-hydrogen) atoms. The van der Waals surface area contributed by atoms with Gasteiger partial charge in [-0.2, -0.15) is 0 Å².